The number of halogens is 1. The number of benzene rings is 1. The first kappa shape index (κ1) is 25.2. The summed E-state index contributed by atoms with van der Waals surface area (Å²) in [5.74, 6) is 2.46. The third-order valence-electron chi connectivity index (χ3n) is 5.63. The van der Waals surface area contributed by atoms with Gasteiger partial charge in [-0.3, -0.25) is 9.79 Å². The van der Waals surface area contributed by atoms with E-state index in [0.717, 1.165) is 63.8 Å². The molecule has 1 aliphatic rings. The SMILES string of the molecule is CN=C(NCCCCn1ccnc1C)NCC1CC(=O)N(CCc2ccccc2)C1.I. The van der Waals surface area contributed by atoms with Crippen molar-refractivity contribution in [1.29, 1.82) is 0 Å². The maximum atomic E-state index is 12.3. The Balaban J connectivity index is 0.00000341. The van der Waals surface area contributed by atoms with E-state index >= 15 is 0 Å². The average molecular weight is 538 g/mol. The number of likely N-dealkylation sites (tertiary alicyclic amines) is 1. The fourth-order valence-electron chi connectivity index (χ4n) is 3.83. The molecular formula is C23H35IN6O. The predicted octanol–water partition coefficient (Wildman–Crippen LogP) is 2.85. The Morgan fingerprint density at radius 2 is 2.00 bits per heavy atom. The van der Waals surface area contributed by atoms with Crippen molar-refractivity contribution in [2.24, 2.45) is 10.9 Å². The Hall–Kier alpha value is -2.10. The number of guanidine groups is 1. The Bertz CT molecular complexity index is 822. The standard InChI is InChI=1S/C23H34N6O.HI/c1-19-25-12-15-28(19)13-7-6-11-26-23(24-2)27-17-21-16-22(30)29(18-21)14-10-20-8-4-3-5-9-20;/h3-5,8-9,12,15,21H,6-7,10-11,13-14,16-18H2,1-2H3,(H2,24,26,27);1H. The molecule has 0 aliphatic carbocycles. The van der Waals surface area contributed by atoms with Crippen molar-refractivity contribution in [1.82, 2.24) is 25.1 Å². The first-order valence-electron chi connectivity index (χ1n) is 10.9. The summed E-state index contributed by atoms with van der Waals surface area (Å²) in [5.41, 5.74) is 1.28. The summed E-state index contributed by atoms with van der Waals surface area (Å²) in [6.45, 7) is 6.27. The van der Waals surface area contributed by atoms with Crippen molar-refractivity contribution in [3.8, 4) is 0 Å². The van der Waals surface area contributed by atoms with Gasteiger partial charge in [-0.15, -0.1) is 24.0 Å². The van der Waals surface area contributed by atoms with Crippen LogP contribution in [-0.4, -0.2) is 59.5 Å². The summed E-state index contributed by atoms with van der Waals surface area (Å²) in [7, 11) is 1.79. The van der Waals surface area contributed by atoms with E-state index in [0.29, 0.717) is 12.3 Å². The van der Waals surface area contributed by atoms with Crippen molar-refractivity contribution in [2.75, 3.05) is 33.2 Å². The molecule has 2 N–H and O–H groups in total. The van der Waals surface area contributed by atoms with E-state index in [4.69, 9.17) is 0 Å². The van der Waals surface area contributed by atoms with Crippen LogP contribution >= 0.6 is 24.0 Å². The number of imidazole rings is 1. The van der Waals surface area contributed by atoms with Gasteiger partial charge < -0.3 is 20.1 Å². The molecule has 1 saturated heterocycles. The van der Waals surface area contributed by atoms with Crippen LogP contribution in [0.5, 0.6) is 0 Å². The second kappa shape index (κ2) is 13.3. The Labute approximate surface area is 202 Å². The molecule has 1 fully saturated rings. The molecule has 0 spiro atoms. The number of hydrogen-bond acceptors (Lipinski definition) is 3. The van der Waals surface area contributed by atoms with Gasteiger partial charge in [0.2, 0.25) is 5.91 Å². The number of nitrogens with zero attached hydrogens (tertiary/aromatic N) is 4. The second-order valence-electron chi connectivity index (χ2n) is 7.90. The number of carbonyl (C=O) groups excluding carboxylic acids is 1. The smallest absolute Gasteiger partial charge is 0.223 e. The highest BCUT2D eigenvalue weighted by Crippen LogP contribution is 2.17. The van der Waals surface area contributed by atoms with Crippen LogP contribution in [0.1, 0.15) is 30.7 Å². The fraction of sp³-hybridized carbons (Fsp3) is 0.522. The van der Waals surface area contributed by atoms with Crippen molar-refractivity contribution in [3.63, 3.8) is 0 Å². The summed E-state index contributed by atoms with van der Waals surface area (Å²) in [6, 6.07) is 10.3. The second-order valence-corrected chi connectivity index (χ2v) is 7.90. The minimum Gasteiger partial charge on any atom is -0.356 e. The van der Waals surface area contributed by atoms with Crippen LogP contribution in [0, 0.1) is 12.8 Å². The van der Waals surface area contributed by atoms with E-state index in [1.165, 1.54) is 5.56 Å². The largest absolute Gasteiger partial charge is 0.356 e. The van der Waals surface area contributed by atoms with Crippen LogP contribution in [0.2, 0.25) is 0 Å². The molecule has 2 heterocycles. The Morgan fingerprint density at radius 1 is 1.19 bits per heavy atom. The van der Waals surface area contributed by atoms with Gasteiger partial charge in [-0.2, -0.15) is 0 Å². The number of aryl methyl sites for hydroxylation is 2. The number of nitrogens with one attached hydrogen (secondary N) is 2. The lowest BCUT2D eigenvalue weighted by Gasteiger charge is -2.18. The molecule has 0 saturated carbocycles. The Morgan fingerprint density at radius 3 is 2.71 bits per heavy atom. The molecule has 3 rings (SSSR count). The number of aliphatic imine (C=N–C) groups is 1. The molecule has 7 nitrogen and oxygen atoms in total. The third-order valence-corrected chi connectivity index (χ3v) is 5.63. The van der Waals surface area contributed by atoms with E-state index in [2.05, 4.69) is 37.3 Å². The van der Waals surface area contributed by atoms with Gasteiger partial charge in [0, 0.05) is 64.5 Å². The van der Waals surface area contributed by atoms with Crippen molar-refractivity contribution in [2.45, 2.75) is 39.2 Å². The topological polar surface area (TPSA) is 74.5 Å². The maximum Gasteiger partial charge on any atom is 0.223 e. The summed E-state index contributed by atoms with van der Waals surface area (Å²) in [4.78, 5) is 22.9. The predicted molar refractivity (Wildman–Crippen MR) is 136 cm³/mol. The first-order chi connectivity index (χ1) is 14.7. The van der Waals surface area contributed by atoms with Crippen molar-refractivity contribution < 1.29 is 4.79 Å². The van der Waals surface area contributed by atoms with Crippen LogP contribution < -0.4 is 10.6 Å². The highest BCUT2D eigenvalue weighted by atomic mass is 127. The van der Waals surface area contributed by atoms with Gasteiger partial charge in [0.15, 0.2) is 5.96 Å². The zero-order chi connectivity index (χ0) is 21.2. The number of amides is 1. The fourth-order valence-corrected chi connectivity index (χ4v) is 3.83. The minimum atomic E-state index is 0. The molecular weight excluding hydrogens is 503 g/mol. The molecule has 2 aromatic rings. The molecule has 1 aliphatic heterocycles. The summed E-state index contributed by atoms with van der Waals surface area (Å²) in [6.07, 6.45) is 7.55. The van der Waals surface area contributed by atoms with Gasteiger partial charge in [-0.1, -0.05) is 30.3 Å². The Kier molecular flexibility index (Phi) is 10.8. The summed E-state index contributed by atoms with van der Waals surface area (Å²) >= 11 is 0. The first-order valence-corrected chi connectivity index (χ1v) is 10.9. The quantitative estimate of drug-likeness (QED) is 0.211. The van der Waals surface area contributed by atoms with Crippen LogP contribution in [0.4, 0.5) is 0 Å². The normalized spacial score (nSPS) is 16.3. The molecule has 0 radical (unpaired) electrons. The number of unbranched alkanes of at least 4 members (excludes halogenated alkanes) is 1. The van der Waals surface area contributed by atoms with E-state index in [1.807, 2.05) is 42.4 Å². The summed E-state index contributed by atoms with van der Waals surface area (Å²) < 4.78 is 2.17. The highest BCUT2D eigenvalue weighted by Gasteiger charge is 2.29. The number of hydrogen-bond donors (Lipinski definition) is 2. The van der Waals surface area contributed by atoms with Crippen LogP contribution in [0.25, 0.3) is 0 Å². The average Bonchev–Trinajstić information content (AvgIpc) is 3.34. The van der Waals surface area contributed by atoms with Gasteiger partial charge in [0.05, 0.1) is 0 Å². The van der Waals surface area contributed by atoms with Crippen molar-refractivity contribution >= 4 is 35.8 Å². The monoisotopic (exact) mass is 538 g/mol. The van der Waals surface area contributed by atoms with E-state index in [1.54, 1.807) is 7.05 Å². The molecule has 1 amide bonds. The molecule has 1 atom stereocenters. The molecule has 1 unspecified atom stereocenters. The minimum absolute atomic E-state index is 0. The lowest BCUT2D eigenvalue weighted by molar-refractivity contribution is -0.127. The molecule has 1 aromatic heterocycles. The molecule has 8 heteroatoms. The molecule has 1 aromatic carbocycles. The van der Waals surface area contributed by atoms with Crippen LogP contribution in [0.15, 0.2) is 47.7 Å². The van der Waals surface area contributed by atoms with E-state index in [9.17, 15) is 4.79 Å². The van der Waals surface area contributed by atoms with E-state index in [-0.39, 0.29) is 29.9 Å². The lowest BCUT2D eigenvalue weighted by Crippen LogP contribution is -2.40. The molecule has 31 heavy (non-hydrogen) atoms. The summed E-state index contributed by atoms with van der Waals surface area (Å²) in [5, 5.41) is 6.76. The highest BCUT2D eigenvalue weighted by molar-refractivity contribution is 14.0. The van der Waals surface area contributed by atoms with Crippen LogP contribution in [0.3, 0.4) is 0 Å². The molecule has 170 valence electrons. The third kappa shape index (κ3) is 8.16. The van der Waals surface area contributed by atoms with Crippen molar-refractivity contribution in [3.05, 3.63) is 54.1 Å². The number of rotatable bonds is 10. The zero-order valence-corrected chi connectivity index (χ0v) is 20.9. The van der Waals surface area contributed by atoms with Gasteiger partial charge in [0.1, 0.15) is 5.82 Å². The lowest BCUT2D eigenvalue weighted by atomic mass is 10.1. The van der Waals surface area contributed by atoms with Gasteiger partial charge in [-0.05, 0) is 31.7 Å². The maximum absolute atomic E-state index is 12.3. The van der Waals surface area contributed by atoms with Crippen LogP contribution in [-0.2, 0) is 17.8 Å². The zero-order valence-electron chi connectivity index (χ0n) is 18.6. The molecule has 0 bridgehead atoms. The van der Waals surface area contributed by atoms with Gasteiger partial charge in [0.25, 0.3) is 0 Å². The number of aromatic nitrogens is 2. The van der Waals surface area contributed by atoms with Gasteiger partial charge in [-0.25, -0.2) is 4.98 Å². The van der Waals surface area contributed by atoms with E-state index < -0.39 is 0 Å². The number of carbonyl (C=O) groups is 1. The van der Waals surface area contributed by atoms with Gasteiger partial charge >= 0.3 is 0 Å².